The van der Waals surface area contributed by atoms with Crippen molar-refractivity contribution in [1.82, 2.24) is 9.55 Å². The molecule has 0 bridgehead atoms. The molecule has 5 heteroatoms. The van der Waals surface area contributed by atoms with Crippen molar-refractivity contribution >= 4 is 5.95 Å². The minimum atomic E-state index is 0.547. The number of ether oxygens (including phenoxy) is 1. The van der Waals surface area contributed by atoms with Gasteiger partial charge < -0.3 is 19.9 Å². The third-order valence-electron chi connectivity index (χ3n) is 4.16. The molecule has 1 aliphatic heterocycles. The van der Waals surface area contributed by atoms with E-state index >= 15 is 0 Å². The lowest BCUT2D eigenvalue weighted by molar-refractivity contribution is 0.141. The van der Waals surface area contributed by atoms with E-state index in [1.54, 1.807) is 0 Å². The van der Waals surface area contributed by atoms with Crippen molar-refractivity contribution in [3.8, 4) is 0 Å². The van der Waals surface area contributed by atoms with E-state index in [4.69, 9.17) is 10.5 Å². The van der Waals surface area contributed by atoms with Crippen LogP contribution in [0.2, 0.25) is 0 Å². The maximum Gasteiger partial charge on any atom is 0.205 e. The molecule has 2 unspecified atom stereocenters. The van der Waals surface area contributed by atoms with Gasteiger partial charge in [-0.1, -0.05) is 0 Å². The van der Waals surface area contributed by atoms with Crippen LogP contribution in [0.1, 0.15) is 33.1 Å². The van der Waals surface area contributed by atoms with Gasteiger partial charge in [0, 0.05) is 44.7 Å². The van der Waals surface area contributed by atoms with Crippen molar-refractivity contribution in [2.75, 3.05) is 31.2 Å². The van der Waals surface area contributed by atoms with Crippen LogP contribution >= 0.6 is 0 Å². The number of nitrogens with two attached hydrogens (primary N) is 1. The van der Waals surface area contributed by atoms with Crippen LogP contribution < -0.4 is 10.6 Å². The molecule has 0 aliphatic carbocycles. The molecule has 1 aliphatic rings. The Kier molecular flexibility index (Phi) is 5.86. The fourth-order valence-electron chi connectivity index (χ4n) is 2.87. The monoisotopic (exact) mass is 280 g/mol. The fraction of sp³-hybridized carbons (Fsp3) is 0.800. The molecule has 2 atom stereocenters. The van der Waals surface area contributed by atoms with Crippen LogP contribution in [0.5, 0.6) is 0 Å². The highest BCUT2D eigenvalue weighted by Gasteiger charge is 2.27. The summed E-state index contributed by atoms with van der Waals surface area (Å²) in [4.78, 5) is 6.98. The Hall–Kier alpha value is -1.07. The van der Waals surface area contributed by atoms with Crippen molar-refractivity contribution < 1.29 is 4.74 Å². The van der Waals surface area contributed by atoms with Crippen LogP contribution in [-0.4, -0.2) is 41.9 Å². The number of aromatic nitrogens is 2. The van der Waals surface area contributed by atoms with Crippen LogP contribution in [0.15, 0.2) is 12.4 Å². The van der Waals surface area contributed by atoms with E-state index < -0.39 is 0 Å². The minimum absolute atomic E-state index is 0.547. The molecule has 5 nitrogen and oxygen atoms in total. The fourth-order valence-corrected chi connectivity index (χ4v) is 2.87. The van der Waals surface area contributed by atoms with E-state index in [-0.39, 0.29) is 0 Å². The number of anilines is 1. The van der Waals surface area contributed by atoms with Gasteiger partial charge in [0.25, 0.3) is 0 Å². The minimum Gasteiger partial charge on any atom is -0.382 e. The van der Waals surface area contributed by atoms with E-state index in [0.29, 0.717) is 12.0 Å². The third kappa shape index (κ3) is 3.73. The van der Waals surface area contributed by atoms with Gasteiger partial charge in [0.15, 0.2) is 0 Å². The molecular formula is C15H28N4O. The highest BCUT2D eigenvalue weighted by molar-refractivity contribution is 5.34. The Morgan fingerprint density at radius 2 is 2.30 bits per heavy atom. The Balaban J connectivity index is 1.98. The first kappa shape index (κ1) is 15.3. The first-order chi connectivity index (χ1) is 9.76. The van der Waals surface area contributed by atoms with Crippen LogP contribution in [0.3, 0.4) is 0 Å². The molecule has 0 radical (unpaired) electrons. The standard InChI is InChI=1S/C15H28N4O/c1-3-20-10-4-8-18-9-7-17-15(18)19-12-14(11-16)6-5-13(19)2/h7,9,13-14H,3-6,8,10-12,16H2,1-2H3. The molecule has 0 amide bonds. The second-order valence-electron chi connectivity index (χ2n) is 5.65. The predicted molar refractivity (Wildman–Crippen MR) is 81.9 cm³/mol. The number of hydrogen-bond acceptors (Lipinski definition) is 4. The summed E-state index contributed by atoms with van der Waals surface area (Å²) in [6, 6.07) is 0.547. The highest BCUT2D eigenvalue weighted by Crippen LogP contribution is 2.26. The molecular weight excluding hydrogens is 252 g/mol. The van der Waals surface area contributed by atoms with Crippen LogP contribution in [0.4, 0.5) is 5.95 Å². The molecule has 0 spiro atoms. The maximum absolute atomic E-state index is 5.85. The van der Waals surface area contributed by atoms with E-state index in [9.17, 15) is 0 Å². The van der Waals surface area contributed by atoms with E-state index in [1.165, 1.54) is 12.8 Å². The molecule has 1 fully saturated rings. The van der Waals surface area contributed by atoms with Gasteiger partial charge in [0.05, 0.1) is 0 Å². The summed E-state index contributed by atoms with van der Waals surface area (Å²) < 4.78 is 7.65. The van der Waals surface area contributed by atoms with Crippen LogP contribution in [0.25, 0.3) is 0 Å². The highest BCUT2D eigenvalue weighted by atomic mass is 16.5. The van der Waals surface area contributed by atoms with E-state index in [0.717, 1.165) is 45.2 Å². The lowest BCUT2D eigenvalue weighted by Gasteiger charge is -2.38. The number of hydrogen-bond donors (Lipinski definition) is 1. The lowest BCUT2D eigenvalue weighted by Crippen LogP contribution is -2.45. The van der Waals surface area contributed by atoms with Crippen molar-refractivity contribution in [2.24, 2.45) is 11.7 Å². The Bertz CT molecular complexity index is 393. The molecule has 20 heavy (non-hydrogen) atoms. The summed E-state index contributed by atoms with van der Waals surface area (Å²) in [5, 5.41) is 0. The zero-order valence-corrected chi connectivity index (χ0v) is 12.8. The molecule has 1 saturated heterocycles. The van der Waals surface area contributed by atoms with Gasteiger partial charge in [-0.3, -0.25) is 0 Å². The Morgan fingerprint density at radius 3 is 3.05 bits per heavy atom. The number of piperidine rings is 1. The summed E-state index contributed by atoms with van der Waals surface area (Å²) >= 11 is 0. The van der Waals surface area contributed by atoms with Crippen LogP contribution in [0, 0.1) is 5.92 Å². The molecule has 2 N–H and O–H groups in total. The smallest absolute Gasteiger partial charge is 0.205 e. The van der Waals surface area contributed by atoms with Crippen molar-refractivity contribution in [3.05, 3.63) is 12.4 Å². The summed E-state index contributed by atoms with van der Waals surface area (Å²) in [6.07, 6.45) is 7.43. The molecule has 2 heterocycles. The topological polar surface area (TPSA) is 56.3 Å². The van der Waals surface area contributed by atoms with Crippen molar-refractivity contribution in [3.63, 3.8) is 0 Å². The molecule has 1 aromatic heterocycles. The molecule has 114 valence electrons. The zero-order valence-electron chi connectivity index (χ0n) is 12.8. The summed E-state index contributed by atoms with van der Waals surface area (Å²) in [5.41, 5.74) is 5.85. The Morgan fingerprint density at radius 1 is 1.45 bits per heavy atom. The summed E-state index contributed by atoms with van der Waals surface area (Å²) in [7, 11) is 0. The number of nitrogens with zero attached hydrogens (tertiary/aromatic N) is 3. The average Bonchev–Trinajstić information content (AvgIpc) is 2.92. The van der Waals surface area contributed by atoms with E-state index in [1.807, 2.05) is 13.1 Å². The zero-order chi connectivity index (χ0) is 14.4. The molecule has 0 aromatic carbocycles. The second kappa shape index (κ2) is 7.64. The van der Waals surface area contributed by atoms with Gasteiger partial charge in [0.2, 0.25) is 5.95 Å². The number of rotatable bonds is 7. The van der Waals surface area contributed by atoms with Gasteiger partial charge in [0.1, 0.15) is 0 Å². The van der Waals surface area contributed by atoms with Gasteiger partial charge in [-0.25, -0.2) is 4.98 Å². The third-order valence-corrected chi connectivity index (χ3v) is 4.16. The first-order valence-corrected chi connectivity index (χ1v) is 7.81. The first-order valence-electron chi connectivity index (χ1n) is 7.81. The molecule has 0 saturated carbocycles. The SMILES string of the molecule is CCOCCCn1ccnc1N1CC(CN)CCC1C. The van der Waals surface area contributed by atoms with Gasteiger partial charge in [-0.15, -0.1) is 0 Å². The second-order valence-corrected chi connectivity index (χ2v) is 5.65. The van der Waals surface area contributed by atoms with Gasteiger partial charge >= 0.3 is 0 Å². The van der Waals surface area contributed by atoms with Crippen molar-refractivity contribution in [2.45, 2.75) is 45.7 Å². The van der Waals surface area contributed by atoms with Crippen LogP contribution in [-0.2, 0) is 11.3 Å². The Labute approximate surface area is 122 Å². The summed E-state index contributed by atoms with van der Waals surface area (Å²) in [5.74, 6) is 1.69. The van der Waals surface area contributed by atoms with E-state index in [2.05, 4.69) is 27.6 Å². The quantitative estimate of drug-likeness (QED) is 0.775. The largest absolute Gasteiger partial charge is 0.382 e. The lowest BCUT2D eigenvalue weighted by atomic mass is 9.94. The normalized spacial score (nSPS) is 23.2. The average molecular weight is 280 g/mol. The molecule has 1 aromatic rings. The van der Waals surface area contributed by atoms with Gasteiger partial charge in [-0.2, -0.15) is 0 Å². The predicted octanol–water partition coefficient (Wildman–Crippen LogP) is 1.87. The molecule has 2 rings (SSSR count). The van der Waals surface area contributed by atoms with Crippen molar-refractivity contribution in [1.29, 1.82) is 0 Å². The number of aryl methyl sites for hydroxylation is 1. The maximum atomic E-state index is 5.85. The summed E-state index contributed by atoms with van der Waals surface area (Å²) in [6.45, 7) is 8.68. The number of imidazole rings is 1. The van der Waals surface area contributed by atoms with Gasteiger partial charge in [-0.05, 0) is 45.6 Å².